The summed E-state index contributed by atoms with van der Waals surface area (Å²) in [6, 6.07) is 17.9. The lowest BCUT2D eigenvalue weighted by atomic mass is 10.0. The zero-order chi connectivity index (χ0) is 15.4. The highest BCUT2D eigenvalue weighted by Crippen LogP contribution is 2.21. The molecule has 1 N–H and O–H groups in total. The zero-order valence-corrected chi connectivity index (χ0v) is 12.3. The fourth-order valence-corrected chi connectivity index (χ4v) is 2.50. The van der Waals surface area contributed by atoms with Gasteiger partial charge in [-0.3, -0.25) is 4.79 Å². The van der Waals surface area contributed by atoms with E-state index >= 15 is 0 Å². The maximum atomic E-state index is 11.9. The molecule has 0 saturated carbocycles. The van der Waals surface area contributed by atoms with Crippen LogP contribution in [0.15, 0.2) is 54.6 Å². The predicted octanol–water partition coefficient (Wildman–Crippen LogP) is 1.86. The van der Waals surface area contributed by atoms with Crippen molar-refractivity contribution in [1.29, 1.82) is 0 Å². The third kappa shape index (κ3) is 3.46. The maximum Gasteiger partial charge on any atom is 0.260 e. The van der Waals surface area contributed by atoms with Crippen molar-refractivity contribution in [2.24, 2.45) is 0 Å². The van der Waals surface area contributed by atoms with Crippen LogP contribution in [-0.4, -0.2) is 41.7 Å². The van der Waals surface area contributed by atoms with Crippen LogP contribution in [0, 0.1) is 0 Å². The van der Waals surface area contributed by atoms with Crippen molar-refractivity contribution in [1.82, 2.24) is 4.90 Å². The van der Waals surface area contributed by atoms with Gasteiger partial charge in [0.2, 0.25) is 0 Å². The number of para-hydroxylation sites is 1. The van der Waals surface area contributed by atoms with E-state index in [9.17, 15) is 9.90 Å². The average molecular weight is 297 g/mol. The van der Waals surface area contributed by atoms with Crippen molar-refractivity contribution in [3.05, 3.63) is 65.7 Å². The molecule has 0 atom stereocenters. The summed E-state index contributed by atoms with van der Waals surface area (Å²) in [5.41, 5.74) is 2.26. The van der Waals surface area contributed by atoms with Crippen molar-refractivity contribution in [2.45, 2.75) is 12.5 Å². The van der Waals surface area contributed by atoms with Crippen molar-refractivity contribution >= 4 is 5.91 Å². The van der Waals surface area contributed by atoms with Gasteiger partial charge in [0, 0.05) is 19.5 Å². The number of ether oxygens (including phenoxy) is 1. The second-order valence-electron chi connectivity index (χ2n) is 5.51. The number of nitrogens with zero attached hydrogens (tertiary/aromatic N) is 1. The highest BCUT2D eigenvalue weighted by molar-refractivity contribution is 5.78. The van der Waals surface area contributed by atoms with Crippen LogP contribution in [0.1, 0.15) is 11.1 Å². The molecule has 1 heterocycles. The van der Waals surface area contributed by atoms with E-state index < -0.39 is 0 Å². The maximum absolute atomic E-state index is 11.9. The highest BCUT2D eigenvalue weighted by Gasteiger charge is 2.28. The van der Waals surface area contributed by atoms with E-state index in [1.54, 1.807) is 4.90 Å². The Morgan fingerprint density at radius 3 is 2.50 bits per heavy atom. The number of β-amino-alcohol motifs (C(OH)–C–C–N with tert-alkyl or cyclic N) is 1. The van der Waals surface area contributed by atoms with Crippen LogP contribution in [0.25, 0.3) is 0 Å². The van der Waals surface area contributed by atoms with Gasteiger partial charge in [0.1, 0.15) is 5.75 Å². The molecule has 2 aromatic rings. The average Bonchev–Trinajstić information content (AvgIpc) is 2.52. The monoisotopic (exact) mass is 297 g/mol. The Morgan fingerprint density at radius 1 is 1.09 bits per heavy atom. The normalized spacial score (nSPS) is 14.5. The number of hydrogen-bond acceptors (Lipinski definition) is 3. The lowest BCUT2D eigenvalue weighted by Gasteiger charge is -2.35. The first-order valence-electron chi connectivity index (χ1n) is 7.43. The quantitative estimate of drug-likeness (QED) is 0.916. The minimum atomic E-state index is -0.380. The largest absolute Gasteiger partial charge is 0.483 e. The molecule has 1 fully saturated rings. The number of carbonyl (C=O) groups is 1. The molecular weight excluding hydrogens is 278 g/mol. The molecule has 22 heavy (non-hydrogen) atoms. The molecule has 4 heteroatoms. The number of aliphatic hydroxyl groups is 1. The fraction of sp³-hybridized carbons (Fsp3) is 0.278. The molecule has 4 nitrogen and oxygen atoms in total. The van der Waals surface area contributed by atoms with Gasteiger partial charge in [-0.15, -0.1) is 0 Å². The number of rotatable bonds is 5. The Balaban J connectivity index is 1.62. The highest BCUT2D eigenvalue weighted by atomic mass is 16.5. The first kappa shape index (κ1) is 14.6. The molecule has 0 unspecified atom stereocenters. The van der Waals surface area contributed by atoms with E-state index in [2.05, 4.69) is 12.1 Å². The van der Waals surface area contributed by atoms with Gasteiger partial charge < -0.3 is 14.7 Å². The first-order valence-corrected chi connectivity index (χ1v) is 7.43. The summed E-state index contributed by atoms with van der Waals surface area (Å²) in [5.74, 6) is 0.653. The Hall–Kier alpha value is -2.33. The second kappa shape index (κ2) is 6.62. The molecule has 2 aromatic carbocycles. The van der Waals surface area contributed by atoms with Crippen molar-refractivity contribution in [2.75, 3.05) is 19.7 Å². The summed E-state index contributed by atoms with van der Waals surface area (Å²) in [4.78, 5) is 13.5. The summed E-state index contributed by atoms with van der Waals surface area (Å²) in [5, 5.41) is 9.23. The molecule has 114 valence electrons. The predicted molar refractivity (Wildman–Crippen MR) is 83.8 cm³/mol. The molecular formula is C18H19NO3. The van der Waals surface area contributed by atoms with Gasteiger partial charge in [-0.25, -0.2) is 0 Å². The van der Waals surface area contributed by atoms with E-state index in [1.807, 2.05) is 42.5 Å². The van der Waals surface area contributed by atoms with E-state index in [0.29, 0.717) is 13.1 Å². The van der Waals surface area contributed by atoms with Gasteiger partial charge in [-0.2, -0.15) is 0 Å². The van der Waals surface area contributed by atoms with E-state index in [1.165, 1.54) is 5.56 Å². The first-order chi connectivity index (χ1) is 10.7. The molecule has 3 rings (SSSR count). The smallest absolute Gasteiger partial charge is 0.260 e. The van der Waals surface area contributed by atoms with Gasteiger partial charge in [0.05, 0.1) is 6.10 Å². The molecule has 0 bridgehead atoms. The Labute approximate surface area is 130 Å². The number of benzene rings is 2. The van der Waals surface area contributed by atoms with Crippen LogP contribution in [0.4, 0.5) is 0 Å². The van der Waals surface area contributed by atoms with Gasteiger partial charge >= 0.3 is 0 Å². The van der Waals surface area contributed by atoms with Crippen molar-refractivity contribution in [3.63, 3.8) is 0 Å². The van der Waals surface area contributed by atoms with Gasteiger partial charge in [-0.1, -0.05) is 48.5 Å². The standard InChI is InChI=1S/C18H19NO3/c20-16-11-19(12-16)18(21)13-22-17-9-5-4-8-15(17)10-14-6-2-1-3-7-14/h1-9,16,20H,10-13H2. The Bertz CT molecular complexity index is 636. The fourth-order valence-electron chi connectivity index (χ4n) is 2.50. The molecule has 0 aliphatic carbocycles. The molecule has 0 aromatic heterocycles. The number of likely N-dealkylation sites (tertiary alicyclic amines) is 1. The lowest BCUT2D eigenvalue weighted by Crippen LogP contribution is -2.54. The molecule has 1 amide bonds. The lowest BCUT2D eigenvalue weighted by molar-refractivity contribution is -0.143. The SMILES string of the molecule is O=C(COc1ccccc1Cc1ccccc1)N1CC(O)C1. The van der Waals surface area contributed by atoms with Crippen LogP contribution >= 0.6 is 0 Å². The topological polar surface area (TPSA) is 49.8 Å². The zero-order valence-electron chi connectivity index (χ0n) is 12.3. The third-order valence-electron chi connectivity index (χ3n) is 3.78. The summed E-state index contributed by atoms with van der Waals surface area (Å²) in [6.45, 7) is 0.834. The van der Waals surface area contributed by atoms with Crippen LogP contribution in [-0.2, 0) is 11.2 Å². The van der Waals surface area contributed by atoms with E-state index in [0.717, 1.165) is 17.7 Å². The Kier molecular flexibility index (Phi) is 4.39. The third-order valence-corrected chi connectivity index (χ3v) is 3.78. The number of aliphatic hydroxyl groups excluding tert-OH is 1. The van der Waals surface area contributed by atoms with Crippen LogP contribution < -0.4 is 4.74 Å². The number of hydrogen-bond donors (Lipinski definition) is 1. The molecule has 1 aliphatic rings. The molecule has 0 radical (unpaired) electrons. The molecule has 1 saturated heterocycles. The van der Waals surface area contributed by atoms with Crippen molar-refractivity contribution < 1.29 is 14.6 Å². The van der Waals surface area contributed by atoms with Gasteiger partial charge in [0.25, 0.3) is 5.91 Å². The summed E-state index contributed by atoms with van der Waals surface area (Å²) in [7, 11) is 0. The number of amides is 1. The second-order valence-corrected chi connectivity index (χ2v) is 5.51. The minimum Gasteiger partial charge on any atom is -0.483 e. The van der Waals surface area contributed by atoms with Crippen LogP contribution in [0.2, 0.25) is 0 Å². The summed E-state index contributed by atoms with van der Waals surface area (Å²) >= 11 is 0. The molecule has 0 spiro atoms. The number of carbonyl (C=O) groups excluding carboxylic acids is 1. The van der Waals surface area contributed by atoms with Crippen molar-refractivity contribution in [3.8, 4) is 5.75 Å². The summed E-state index contributed by atoms with van der Waals surface area (Å²) in [6.07, 6.45) is 0.391. The van der Waals surface area contributed by atoms with Gasteiger partial charge in [-0.05, 0) is 17.2 Å². The van der Waals surface area contributed by atoms with E-state index in [4.69, 9.17) is 4.74 Å². The summed E-state index contributed by atoms with van der Waals surface area (Å²) < 4.78 is 5.69. The molecule has 1 aliphatic heterocycles. The van der Waals surface area contributed by atoms with E-state index in [-0.39, 0.29) is 18.6 Å². The Morgan fingerprint density at radius 2 is 1.77 bits per heavy atom. The van der Waals surface area contributed by atoms with Crippen LogP contribution in [0.3, 0.4) is 0 Å². The van der Waals surface area contributed by atoms with Crippen LogP contribution in [0.5, 0.6) is 5.75 Å². The van der Waals surface area contributed by atoms with Gasteiger partial charge in [0.15, 0.2) is 6.61 Å². The minimum absolute atomic E-state index is 0.0124.